The number of para-hydroxylation sites is 2. The Kier molecular flexibility index (Phi) is 6.70. The van der Waals surface area contributed by atoms with E-state index in [-0.39, 0.29) is 17.6 Å². The van der Waals surface area contributed by atoms with E-state index >= 15 is 0 Å². The number of pyridine rings is 2. The average molecular weight is 618 g/mol. The van der Waals surface area contributed by atoms with Gasteiger partial charge in [-0.3, -0.25) is 9.59 Å². The summed E-state index contributed by atoms with van der Waals surface area (Å²) in [5.41, 5.74) is 9.98. The van der Waals surface area contributed by atoms with Gasteiger partial charge in [0.2, 0.25) is 6.71 Å². The molecule has 8 rings (SSSR count). The lowest BCUT2D eigenvalue weighted by Crippen LogP contribution is -2.58. The van der Waals surface area contributed by atoms with Crippen LogP contribution in [0.2, 0.25) is 0 Å². The van der Waals surface area contributed by atoms with Crippen molar-refractivity contribution in [2.24, 2.45) is 0 Å². The molecule has 0 aliphatic carbocycles. The average Bonchev–Trinajstić information content (AvgIpc) is 3.05. The molecule has 0 N–H and O–H groups in total. The van der Waals surface area contributed by atoms with E-state index in [0.29, 0.717) is 39.3 Å². The number of hydrogen-bond donors (Lipinski definition) is 0. The molecule has 1 aliphatic rings. The van der Waals surface area contributed by atoms with Crippen LogP contribution in [0.15, 0.2) is 110 Å². The summed E-state index contributed by atoms with van der Waals surface area (Å²) in [6, 6.07) is 31.2. The zero-order valence-electron chi connectivity index (χ0n) is 27.1. The second-order valence-electron chi connectivity index (χ2n) is 13.7. The first-order chi connectivity index (χ1) is 22.2. The van der Waals surface area contributed by atoms with Gasteiger partial charge in [0.1, 0.15) is 0 Å². The molecule has 0 radical (unpaired) electrons. The Morgan fingerprint density at radius 2 is 1.17 bits per heavy atom. The van der Waals surface area contributed by atoms with Crippen LogP contribution >= 0.6 is 11.8 Å². The molecule has 0 saturated heterocycles. The lowest BCUT2D eigenvalue weighted by Gasteiger charge is -2.33. The van der Waals surface area contributed by atoms with Crippen LogP contribution in [0.4, 0.5) is 0 Å². The second kappa shape index (κ2) is 10.6. The third-order valence-electron chi connectivity index (χ3n) is 9.97. The fourth-order valence-corrected chi connectivity index (χ4v) is 8.99. The van der Waals surface area contributed by atoms with Gasteiger partial charge in [0.15, 0.2) is 10.9 Å². The van der Waals surface area contributed by atoms with Gasteiger partial charge in [0.05, 0.1) is 21.9 Å². The van der Waals surface area contributed by atoms with E-state index in [2.05, 4.69) is 88.4 Å². The highest BCUT2D eigenvalue weighted by Crippen LogP contribution is 2.38. The standard InChI is InChI=1S/C41H36BNO2S/c1-22(2)25-19-28(23(3)4)37(29(20-25)24(5)6)42-31-15-9-12-18-35(31)46-41-32(42)21-30-38-36(41)40(45)27-14-8-11-17-34(27)43(38)33-16-10-7-13-26(33)39(30)44/h7-24H,1-6H3. The van der Waals surface area contributed by atoms with Crippen molar-refractivity contribution in [1.82, 2.24) is 4.40 Å². The lowest BCUT2D eigenvalue weighted by molar-refractivity contribution is 0.812. The molecule has 0 atom stereocenters. The van der Waals surface area contributed by atoms with Crippen LogP contribution < -0.4 is 27.2 Å². The van der Waals surface area contributed by atoms with Crippen molar-refractivity contribution in [3.63, 3.8) is 0 Å². The van der Waals surface area contributed by atoms with Crippen LogP contribution in [0, 0.1) is 0 Å². The van der Waals surface area contributed by atoms with Crippen molar-refractivity contribution < 1.29 is 0 Å². The zero-order valence-corrected chi connectivity index (χ0v) is 28.0. The molecule has 7 aromatic rings. The van der Waals surface area contributed by atoms with Crippen LogP contribution in [0.5, 0.6) is 0 Å². The van der Waals surface area contributed by atoms with Gasteiger partial charge in [-0.05, 0) is 64.8 Å². The molecule has 226 valence electrons. The van der Waals surface area contributed by atoms with Gasteiger partial charge in [-0.15, -0.1) is 0 Å². The van der Waals surface area contributed by atoms with Gasteiger partial charge in [0, 0.05) is 25.9 Å². The summed E-state index contributed by atoms with van der Waals surface area (Å²) in [7, 11) is 0. The van der Waals surface area contributed by atoms with Gasteiger partial charge < -0.3 is 4.40 Å². The normalized spacial score (nSPS) is 13.2. The van der Waals surface area contributed by atoms with Crippen molar-refractivity contribution in [3.05, 3.63) is 128 Å². The van der Waals surface area contributed by atoms with Gasteiger partial charge in [0.25, 0.3) is 0 Å². The van der Waals surface area contributed by atoms with Crippen LogP contribution in [0.25, 0.3) is 38.1 Å². The minimum atomic E-state index is -0.117. The topological polar surface area (TPSA) is 38.5 Å². The SMILES string of the molecule is CC(C)c1cc(C(C)C)c(B2c3ccccc3Sc3c2cc2c(=O)c4ccccc4n4c5ccccc5c(=O)c3c24)c(C(C)C)c1. The van der Waals surface area contributed by atoms with Crippen molar-refractivity contribution in [2.45, 2.75) is 69.1 Å². The van der Waals surface area contributed by atoms with E-state index in [1.807, 2.05) is 48.5 Å². The smallest absolute Gasteiger partial charge is 0.244 e. The molecule has 46 heavy (non-hydrogen) atoms. The quantitative estimate of drug-likeness (QED) is 0.115. The predicted molar refractivity (Wildman–Crippen MR) is 198 cm³/mol. The van der Waals surface area contributed by atoms with E-state index in [4.69, 9.17) is 0 Å². The van der Waals surface area contributed by atoms with Gasteiger partial charge in [-0.2, -0.15) is 0 Å². The number of hydrogen-bond acceptors (Lipinski definition) is 3. The molecule has 3 heterocycles. The zero-order chi connectivity index (χ0) is 32.0. The first-order valence-electron chi connectivity index (χ1n) is 16.4. The fraction of sp³-hybridized carbons (Fsp3) is 0.220. The minimum Gasteiger partial charge on any atom is -0.307 e. The molecular formula is C41H36BNO2S. The Balaban J connectivity index is 1.62. The third-order valence-corrected chi connectivity index (χ3v) is 11.2. The molecule has 1 aliphatic heterocycles. The number of fused-ring (bicyclic) bond motifs is 7. The maximum atomic E-state index is 14.7. The fourth-order valence-electron chi connectivity index (χ4n) is 7.73. The molecular weight excluding hydrogens is 581 g/mol. The van der Waals surface area contributed by atoms with Gasteiger partial charge in [-0.1, -0.05) is 130 Å². The van der Waals surface area contributed by atoms with Crippen LogP contribution in [-0.4, -0.2) is 11.1 Å². The van der Waals surface area contributed by atoms with E-state index in [9.17, 15) is 9.59 Å². The molecule has 0 saturated carbocycles. The molecule has 5 heteroatoms. The number of nitrogens with zero attached hydrogens (tertiary/aromatic N) is 1. The maximum Gasteiger partial charge on any atom is 0.244 e. The Bertz CT molecular complexity index is 2450. The third kappa shape index (κ3) is 4.07. The summed E-state index contributed by atoms with van der Waals surface area (Å²) < 4.78 is 2.16. The van der Waals surface area contributed by atoms with E-state index in [1.165, 1.54) is 27.6 Å². The lowest BCUT2D eigenvalue weighted by atomic mass is 9.34. The van der Waals surface area contributed by atoms with Gasteiger partial charge in [-0.25, -0.2) is 0 Å². The summed E-state index contributed by atoms with van der Waals surface area (Å²) >= 11 is 1.68. The largest absolute Gasteiger partial charge is 0.307 e. The molecule has 5 aromatic carbocycles. The van der Waals surface area contributed by atoms with Gasteiger partial charge >= 0.3 is 0 Å². The molecule has 3 nitrogen and oxygen atoms in total. The minimum absolute atomic E-state index is 0.0129. The Morgan fingerprint density at radius 3 is 1.78 bits per heavy atom. The summed E-state index contributed by atoms with van der Waals surface area (Å²) in [4.78, 5) is 31.3. The highest BCUT2D eigenvalue weighted by atomic mass is 32.2. The van der Waals surface area contributed by atoms with Crippen molar-refractivity contribution in [3.8, 4) is 0 Å². The summed E-state index contributed by atoms with van der Waals surface area (Å²) in [5, 5.41) is 2.59. The summed E-state index contributed by atoms with van der Waals surface area (Å²) in [6.07, 6.45) is 0. The number of aromatic nitrogens is 1. The first-order valence-corrected chi connectivity index (χ1v) is 17.2. The van der Waals surface area contributed by atoms with Crippen molar-refractivity contribution >= 4 is 73.0 Å². The predicted octanol–water partition coefficient (Wildman–Crippen LogP) is 7.91. The van der Waals surface area contributed by atoms with Crippen molar-refractivity contribution in [1.29, 1.82) is 0 Å². The molecule has 2 aromatic heterocycles. The molecule has 0 unspecified atom stereocenters. The maximum absolute atomic E-state index is 14.7. The highest BCUT2D eigenvalue weighted by molar-refractivity contribution is 8.00. The van der Waals surface area contributed by atoms with Crippen LogP contribution in [0.3, 0.4) is 0 Å². The molecule has 0 fully saturated rings. The van der Waals surface area contributed by atoms with Crippen LogP contribution in [-0.2, 0) is 0 Å². The molecule has 0 bridgehead atoms. The van der Waals surface area contributed by atoms with E-state index < -0.39 is 0 Å². The van der Waals surface area contributed by atoms with Crippen molar-refractivity contribution in [2.75, 3.05) is 0 Å². The Hall–Kier alpha value is -4.35. The highest BCUT2D eigenvalue weighted by Gasteiger charge is 2.38. The Morgan fingerprint density at radius 1 is 0.609 bits per heavy atom. The number of benzene rings is 5. The summed E-state index contributed by atoms with van der Waals surface area (Å²) in [5.74, 6) is 0.998. The number of rotatable bonds is 4. The van der Waals surface area contributed by atoms with E-state index in [1.54, 1.807) is 11.8 Å². The Labute approximate surface area is 273 Å². The monoisotopic (exact) mass is 617 g/mol. The second-order valence-corrected chi connectivity index (χ2v) is 14.8. The summed E-state index contributed by atoms with van der Waals surface area (Å²) in [6.45, 7) is 13.6. The molecule has 0 amide bonds. The first kappa shape index (κ1) is 29.1. The van der Waals surface area contributed by atoms with Crippen LogP contribution in [0.1, 0.15) is 76.0 Å². The molecule has 0 spiro atoms. The van der Waals surface area contributed by atoms with E-state index in [0.717, 1.165) is 31.8 Å².